The van der Waals surface area contributed by atoms with Gasteiger partial charge in [0.25, 0.3) is 5.91 Å². The van der Waals surface area contributed by atoms with Crippen LogP contribution in [0, 0.1) is 5.92 Å². The molecule has 0 aliphatic carbocycles. The van der Waals surface area contributed by atoms with Crippen molar-refractivity contribution < 1.29 is 20.0 Å². The Kier molecular flexibility index (Phi) is 1.79. The van der Waals surface area contributed by atoms with Gasteiger partial charge in [-0.25, -0.2) is 9.86 Å². The van der Waals surface area contributed by atoms with E-state index in [2.05, 4.69) is 0 Å². The van der Waals surface area contributed by atoms with E-state index in [4.69, 9.17) is 10.4 Å². The first kappa shape index (κ1) is 7.96. The lowest BCUT2D eigenvalue weighted by molar-refractivity contribution is -0.182. The largest absolute Gasteiger partial charge is 0.374 e. The van der Waals surface area contributed by atoms with Gasteiger partial charge in [-0.3, -0.25) is 15.2 Å². The SMILES string of the molecule is CC1CN(O)C(=O)N(O)C1=O. The second-order valence-corrected chi connectivity index (χ2v) is 2.42. The molecule has 1 heterocycles. The average molecular weight is 160 g/mol. The highest BCUT2D eigenvalue weighted by molar-refractivity contribution is 5.95. The maximum Gasteiger partial charge on any atom is 0.374 e. The quantitative estimate of drug-likeness (QED) is 0.475. The van der Waals surface area contributed by atoms with Crippen molar-refractivity contribution in [3.63, 3.8) is 0 Å². The molecule has 0 bridgehead atoms. The Morgan fingerprint density at radius 1 is 1.45 bits per heavy atom. The first-order valence-corrected chi connectivity index (χ1v) is 3.07. The van der Waals surface area contributed by atoms with Gasteiger partial charge in [-0.2, -0.15) is 0 Å². The van der Waals surface area contributed by atoms with Crippen LogP contribution < -0.4 is 0 Å². The Balaban J connectivity index is 2.79. The van der Waals surface area contributed by atoms with Gasteiger partial charge in [0.2, 0.25) is 0 Å². The summed E-state index contributed by atoms with van der Waals surface area (Å²) in [4.78, 5) is 21.4. The van der Waals surface area contributed by atoms with Gasteiger partial charge in [0.15, 0.2) is 0 Å². The third kappa shape index (κ3) is 1.17. The number of amides is 3. The second-order valence-electron chi connectivity index (χ2n) is 2.42. The van der Waals surface area contributed by atoms with Crippen LogP contribution in [-0.2, 0) is 4.79 Å². The predicted octanol–water partition coefficient (Wildman–Crippen LogP) is -0.335. The summed E-state index contributed by atoms with van der Waals surface area (Å²) < 4.78 is 0. The first-order chi connectivity index (χ1) is 5.04. The van der Waals surface area contributed by atoms with Gasteiger partial charge in [-0.1, -0.05) is 6.92 Å². The van der Waals surface area contributed by atoms with Crippen LogP contribution in [0.2, 0.25) is 0 Å². The number of imide groups is 1. The van der Waals surface area contributed by atoms with Crippen molar-refractivity contribution in [2.75, 3.05) is 6.54 Å². The van der Waals surface area contributed by atoms with E-state index in [-0.39, 0.29) is 11.6 Å². The van der Waals surface area contributed by atoms with Crippen molar-refractivity contribution in [1.29, 1.82) is 0 Å². The minimum Gasteiger partial charge on any atom is -0.284 e. The Morgan fingerprint density at radius 2 is 2.00 bits per heavy atom. The topological polar surface area (TPSA) is 81.1 Å². The molecule has 0 aromatic heterocycles. The summed E-state index contributed by atoms with van der Waals surface area (Å²) in [6.07, 6.45) is 0. The molecule has 1 rings (SSSR count). The fourth-order valence-electron chi connectivity index (χ4n) is 0.828. The molecule has 0 aromatic rings. The predicted molar refractivity (Wildman–Crippen MR) is 31.7 cm³/mol. The molecule has 11 heavy (non-hydrogen) atoms. The molecule has 0 saturated carbocycles. The van der Waals surface area contributed by atoms with E-state index in [0.717, 1.165) is 0 Å². The third-order valence-electron chi connectivity index (χ3n) is 1.48. The molecule has 1 fully saturated rings. The van der Waals surface area contributed by atoms with E-state index in [1.165, 1.54) is 6.92 Å². The van der Waals surface area contributed by atoms with Crippen LogP contribution >= 0.6 is 0 Å². The van der Waals surface area contributed by atoms with E-state index in [0.29, 0.717) is 5.06 Å². The van der Waals surface area contributed by atoms with Crippen LogP contribution in [-0.4, -0.2) is 39.0 Å². The summed E-state index contributed by atoms with van der Waals surface area (Å²) >= 11 is 0. The molecule has 1 aliphatic rings. The standard InChI is InChI=1S/C5H8N2O4/c1-3-2-6(10)5(9)7(11)4(3)8/h3,10-11H,2H2,1H3. The van der Waals surface area contributed by atoms with Crippen LogP contribution in [0.3, 0.4) is 0 Å². The molecule has 1 saturated heterocycles. The second kappa shape index (κ2) is 2.48. The van der Waals surface area contributed by atoms with Gasteiger partial charge < -0.3 is 0 Å². The lowest BCUT2D eigenvalue weighted by Gasteiger charge is -2.28. The van der Waals surface area contributed by atoms with Crippen LogP contribution in [0.4, 0.5) is 4.79 Å². The number of rotatable bonds is 0. The Labute approximate surface area is 62.5 Å². The highest BCUT2D eigenvalue weighted by Gasteiger charge is 2.35. The van der Waals surface area contributed by atoms with Crippen molar-refractivity contribution in [2.45, 2.75) is 6.92 Å². The number of carbonyl (C=O) groups excluding carboxylic acids is 2. The van der Waals surface area contributed by atoms with Crippen molar-refractivity contribution in [2.24, 2.45) is 5.92 Å². The molecule has 0 radical (unpaired) electrons. The lowest BCUT2D eigenvalue weighted by atomic mass is 10.1. The van der Waals surface area contributed by atoms with Crippen molar-refractivity contribution >= 4 is 11.9 Å². The molecule has 62 valence electrons. The molecular formula is C5H8N2O4. The van der Waals surface area contributed by atoms with Crippen molar-refractivity contribution in [3.8, 4) is 0 Å². The molecular weight excluding hydrogens is 152 g/mol. The summed E-state index contributed by atoms with van der Waals surface area (Å²) in [6.45, 7) is 1.43. The van der Waals surface area contributed by atoms with Gasteiger partial charge in [0, 0.05) is 0 Å². The van der Waals surface area contributed by atoms with Gasteiger partial charge in [0.1, 0.15) is 0 Å². The number of carbonyl (C=O) groups is 2. The van der Waals surface area contributed by atoms with Crippen LogP contribution in [0.15, 0.2) is 0 Å². The molecule has 1 unspecified atom stereocenters. The summed E-state index contributed by atoms with van der Waals surface area (Å²) in [7, 11) is 0. The van der Waals surface area contributed by atoms with Gasteiger partial charge in [-0.05, 0) is 0 Å². The summed E-state index contributed by atoms with van der Waals surface area (Å²) in [5.41, 5.74) is 0. The molecule has 6 heteroatoms. The van der Waals surface area contributed by atoms with E-state index in [1.807, 2.05) is 0 Å². The zero-order chi connectivity index (χ0) is 8.59. The van der Waals surface area contributed by atoms with Crippen molar-refractivity contribution in [1.82, 2.24) is 10.1 Å². The normalized spacial score (nSPS) is 26.3. The molecule has 3 amide bonds. The Morgan fingerprint density at radius 3 is 2.55 bits per heavy atom. The minimum atomic E-state index is -1.10. The number of hydrogen-bond donors (Lipinski definition) is 2. The molecule has 2 N–H and O–H groups in total. The lowest BCUT2D eigenvalue weighted by Crippen LogP contribution is -2.53. The third-order valence-corrected chi connectivity index (χ3v) is 1.48. The highest BCUT2D eigenvalue weighted by Crippen LogP contribution is 2.11. The fraction of sp³-hybridized carbons (Fsp3) is 0.600. The molecule has 0 aromatic carbocycles. The zero-order valence-electron chi connectivity index (χ0n) is 5.89. The van der Waals surface area contributed by atoms with Gasteiger partial charge >= 0.3 is 6.03 Å². The first-order valence-electron chi connectivity index (χ1n) is 3.07. The summed E-state index contributed by atoms with van der Waals surface area (Å²) in [5, 5.41) is 17.7. The number of urea groups is 1. The highest BCUT2D eigenvalue weighted by atomic mass is 16.6. The van der Waals surface area contributed by atoms with Crippen molar-refractivity contribution in [3.05, 3.63) is 0 Å². The number of hydroxylamine groups is 4. The Hall–Kier alpha value is -1.14. The van der Waals surface area contributed by atoms with E-state index < -0.39 is 17.9 Å². The van der Waals surface area contributed by atoms with E-state index >= 15 is 0 Å². The van der Waals surface area contributed by atoms with Gasteiger partial charge in [-0.15, -0.1) is 5.06 Å². The van der Waals surface area contributed by atoms with E-state index in [1.54, 1.807) is 0 Å². The maximum absolute atomic E-state index is 10.8. The van der Waals surface area contributed by atoms with Crippen LogP contribution in [0.5, 0.6) is 0 Å². The minimum absolute atomic E-state index is 0.0747. The monoisotopic (exact) mass is 160 g/mol. The molecule has 0 spiro atoms. The Bertz CT molecular complexity index is 185. The van der Waals surface area contributed by atoms with Crippen LogP contribution in [0.25, 0.3) is 0 Å². The zero-order valence-corrected chi connectivity index (χ0v) is 5.89. The number of hydrogen-bond acceptors (Lipinski definition) is 4. The van der Waals surface area contributed by atoms with E-state index in [9.17, 15) is 9.59 Å². The molecule has 1 aliphatic heterocycles. The summed E-state index contributed by atoms with van der Waals surface area (Å²) in [5.74, 6) is -1.26. The smallest absolute Gasteiger partial charge is 0.284 e. The molecule has 1 atom stereocenters. The molecule has 6 nitrogen and oxygen atoms in total. The maximum atomic E-state index is 10.8. The number of nitrogens with zero attached hydrogens (tertiary/aromatic N) is 2. The summed E-state index contributed by atoms with van der Waals surface area (Å²) in [6, 6.07) is -1.10. The van der Waals surface area contributed by atoms with Gasteiger partial charge in [0.05, 0.1) is 12.5 Å². The van der Waals surface area contributed by atoms with Crippen LogP contribution in [0.1, 0.15) is 6.92 Å². The average Bonchev–Trinajstić information content (AvgIpc) is 1.97. The fourth-order valence-corrected chi connectivity index (χ4v) is 0.828.